The van der Waals surface area contributed by atoms with Crippen LogP contribution < -0.4 is 4.74 Å². The number of nitrogens with one attached hydrogen (secondary N) is 1. The maximum absolute atomic E-state index is 12.1. The maximum Gasteiger partial charge on any atom is 0.246 e. The molecular weight excluding hydrogens is 278 g/mol. The number of benzene rings is 1. The number of nitrogens with zero attached hydrogens (tertiary/aromatic N) is 2. The average Bonchev–Trinajstić information content (AvgIpc) is 2.95. The predicted octanol–water partition coefficient (Wildman–Crippen LogP) is 1.42. The lowest BCUT2D eigenvalue weighted by Crippen LogP contribution is -2.30. The molecule has 2 aromatic rings. The van der Waals surface area contributed by atoms with Gasteiger partial charge in [0.1, 0.15) is 17.3 Å². The van der Waals surface area contributed by atoms with E-state index in [-0.39, 0.29) is 18.0 Å². The Kier molecular flexibility index (Phi) is 4.41. The van der Waals surface area contributed by atoms with E-state index in [1.807, 2.05) is 31.2 Å². The number of ether oxygens (including phenoxy) is 1. The minimum Gasteiger partial charge on any atom is -0.492 e. The Bertz CT molecular complexity index is 636. The Hall–Kier alpha value is -1.86. The van der Waals surface area contributed by atoms with Gasteiger partial charge >= 0.3 is 0 Å². The van der Waals surface area contributed by atoms with Gasteiger partial charge in [-0.2, -0.15) is 9.40 Å². The number of aromatic nitrogens is 2. The molecular formula is C13H17N3O3S. The summed E-state index contributed by atoms with van der Waals surface area (Å²) in [6.07, 6.45) is 2.64. The van der Waals surface area contributed by atoms with Crippen molar-refractivity contribution in [1.29, 1.82) is 0 Å². The van der Waals surface area contributed by atoms with Crippen LogP contribution in [-0.4, -0.2) is 43.1 Å². The average molecular weight is 295 g/mol. The minimum atomic E-state index is -3.50. The molecule has 1 aromatic heterocycles. The molecule has 6 nitrogen and oxygen atoms in total. The smallest absolute Gasteiger partial charge is 0.246 e. The molecule has 0 bridgehead atoms. The Labute approximate surface area is 118 Å². The lowest BCUT2D eigenvalue weighted by molar-refractivity contribution is 0.287. The van der Waals surface area contributed by atoms with Gasteiger partial charge in [-0.05, 0) is 19.1 Å². The van der Waals surface area contributed by atoms with Gasteiger partial charge in [0.2, 0.25) is 10.0 Å². The first kappa shape index (κ1) is 14.5. The normalized spacial score (nSPS) is 11.8. The number of hydrogen-bond donors (Lipinski definition) is 1. The van der Waals surface area contributed by atoms with E-state index >= 15 is 0 Å². The summed E-state index contributed by atoms with van der Waals surface area (Å²) >= 11 is 0. The first-order valence-corrected chi connectivity index (χ1v) is 7.59. The SMILES string of the molecule is Cc1ccc(OCCN(C)S(=O)(=O)c2cn[nH]c2)cc1. The number of sulfonamides is 1. The second kappa shape index (κ2) is 6.06. The van der Waals surface area contributed by atoms with E-state index in [1.165, 1.54) is 23.7 Å². The minimum absolute atomic E-state index is 0.148. The van der Waals surface area contributed by atoms with Crippen LogP contribution in [0.4, 0.5) is 0 Å². The predicted molar refractivity (Wildman–Crippen MR) is 75.1 cm³/mol. The molecule has 0 amide bonds. The molecule has 0 aliphatic rings. The third-order valence-electron chi connectivity index (χ3n) is 2.88. The van der Waals surface area contributed by atoms with Crippen molar-refractivity contribution in [2.45, 2.75) is 11.8 Å². The number of aromatic amines is 1. The van der Waals surface area contributed by atoms with Gasteiger partial charge in [0.15, 0.2) is 0 Å². The first-order chi connectivity index (χ1) is 9.50. The van der Waals surface area contributed by atoms with E-state index in [9.17, 15) is 8.42 Å². The molecule has 0 fully saturated rings. The fourth-order valence-electron chi connectivity index (χ4n) is 1.61. The number of likely N-dealkylation sites (N-methyl/N-ethyl adjacent to an activating group) is 1. The van der Waals surface area contributed by atoms with Crippen LogP contribution >= 0.6 is 0 Å². The van der Waals surface area contributed by atoms with Gasteiger partial charge < -0.3 is 4.74 Å². The van der Waals surface area contributed by atoms with Gasteiger partial charge in [0, 0.05) is 19.8 Å². The highest BCUT2D eigenvalue weighted by Crippen LogP contribution is 2.13. The zero-order valence-corrected chi connectivity index (χ0v) is 12.2. The topological polar surface area (TPSA) is 75.3 Å². The molecule has 1 N–H and O–H groups in total. The zero-order valence-electron chi connectivity index (χ0n) is 11.4. The molecule has 1 aromatic carbocycles. The summed E-state index contributed by atoms with van der Waals surface area (Å²) in [7, 11) is -1.98. The highest BCUT2D eigenvalue weighted by molar-refractivity contribution is 7.89. The molecule has 7 heteroatoms. The summed E-state index contributed by atoms with van der Waals surface area (Å²) in [5.74, 6) is 0.727. The van der Waals surface area contributed by atoms with Gasteiger partial charge in [0.25, 0.3) is 0 Å². The van der Waals surface area contributed by atoms with Crippen molar-refractivity contribution in [3.05, 3.63) is 42.2 Å². The molecule has 20 heavy (non-hydrogen) atoms. The van der Waals surface area contributed by atoms with Gasteiger partial charge in [-0.1, -0.05) is 17.7 Å². The van der Waals surface area contributed by atoms with Crippen LogP contribution in [0.15, 0.2) is 41.6 Å². The maximum atomic E-state index is 12.1. The molecule has 0 spiro atoms. The highest BCUT2D eigenvalue weighted by atomic mass is 32.2. The van der Waals surface area contributed by atoms with Crippen LogP contribution in [0, 0.1) is 6.92 Å². The molecule has 108 valence electrons. The number of rotatable bonds is 6. The molecule has 0 aliphatic carbocycles. The van der Waals surface area contributed by atoms with Crippen molar-refractivity contribution in [3.8, 4) is 5.75 Å². The Morgan fingerprint density at radius 2 is 2.00 bits per heavy atom. The fourth-order valence-corrected chi connectivity index (χ4v) is 2.67. The van der Waals surface area contributed by atoms with Crippen molar-refractivity contribution in [2.75, 3.05) is 20.2 Å². The van der Waals surface area contributed by atoms with Crippen LogP contribution in [0.2, 0.25) is 0 Å². The van der Waals surface area contributed by atoms with Crippen molar-refractivity contribution < 1.29 is 13.2 Å². The van der Waals surface area contributed by atoms with Crippen molar-refractivity contribution >= 4 is 10.0 Å². The summed E-state index contributed by atoms with van der Waals surface area (Å²) in [4.78, 5) is 0.148. The van der Waals surface area contributed by atoms with E-state index in [1.54, 1.807) is 0 Å². The third-order valence-corrected chi connectivity index (χ3v) is 4.70. The standard InChI is InChI=1S/C13H17N3O3S/c1-11-3-5-12(6-4-11)19-8-7-16(2)20(17,18)13-9-14-15-10-13/h3-6,9-10H,7-8H2,1-2H3,(H,14,15). The van der Waals surface area contributed by atoms with Gasteiger partial charge in [-0.25, -0.2) is 8.42 Å². The molecule has 1 heterocycles. The molecule has 0 saturated heterocycles. The van der Waals surface area contributed by atoms with E-state index in [4.69, 9.17) is 4.74 Å². The molecule has 2 rings (SSSR count). The van der Waals surface area contributed by atoms with E-state index in [2.05, 4.69) is 10.2 Å². The summed E-state index contributed by atoms with van der Waals surface area (Å²) in [5, 5.41) is 6.14. The number of hydrogen-bond acceptors (Lipinski definition) is 4. The monoisotopic (exact) mass is 295 g/mol. The highest BCUT2D eigenvalue weighted by Gasteiger charge is 2.21. The summed E-state index contributed by atoms with van der Waals surface area (Å²) in [6, 6.07) is 7.61. The molecule has 0 atom stereocenters. The lowest BCUT2D eigenvalue weighted by Gasteiger charge is -2.16. The van der Waals surface area contributed by atoms with Gasteiger partial charge in [0.05, 0.1) is 6.20 Å². The second-order valence-corrected chi connectivity index (χ2v) is 6.47. The van der Waals surface area contributed by atoms with Crippen molar-refractivity contribution in [1.82, 2.24) is 14.5 Å². The van der Waals surface area contributed by atoms with Crippen molar-refractivity contribution in [2.24, 2.45) is 0 Å². The van der Waals surface area contributed by atoms with Gasteiger partial charge in [-0.3, -0.25) is 5.10 Å². The third kappa shape index (κ3) is 3.37. The van der Waals surface area contributed by atoms with Crippen LogP contribution in [0.1, 0.15) is 5.56 Å². The van der Waals surface area contributed by atoms with E-state index in [0.29, 0.717) is 0 Å². The molecule has 0 aliphatic heterocycles. The second-order valence-electron chi connectivity index (χ2n) is 4.42. The number of aryl methyl sites for hydroxylation is 1. The molecule has 0 unspecified atom stereocenters. The van der Waals surface area contributed by atoms with Crippen LogP contribution in [0.3, 0.4) is 0 Å². The Balaban J connectivity index is 1.89. The van der Waals surface area contributed by atoms with Crippen LogP contribution in [-0.2, 0) is 10.0 Å². The molecule has 0 radical (unpaired) electrons. The summed E-state index contributed by atoms with van der Waals surface area (Å²) < 4.78 is 30.9. The van der Waals surface area contributed by atoms with Gasteiger partial charge in [-0.15, -0.1) is 0 Å². The number of H-pyrrole nitrogens is 1. The Morgan fingerprint density at radius 1 is 1.30 bits per heavy atom. The summed E-state index contributed by atoms with van der Waals surface area (Å²) in [6.45, 7) is 2.55. The lowest BCUT2D eigenvalue weighted by atomic mass is 10.2. The largest absolute Gasteiger partial charge is 0.492 e. The summed E-state index contributed by atoms with van der Waals surface area (Å²) in [5.41, 5.74) is 1.15. The first-order valence-electron chi connectivity index (χ1n) is 6.15. The quantitative estimate of drug-likeness (QED) is 0.874. The van der Waals surface area contributed by atoms with E-state index < -0.39 is 10.0 Å². The zero-order chi connectivity index (χ0) is 14.6. The fraction of sp³-hybridized carbons (Fsp3) is 0.308. The van der Waals surface area contributed by atoms with Crippen LogP contribution in [0.25, 0.3) is 0 Å². The van der Waals surface area contributed by atoms with Crippen LogP contribution in [0.5, 0.6) is 5.75 Å². The van der Waals surface area contributed by atoms with Crippen molar-refractivity contribution in [3.63, 3.8) is 0 Å². The Morgan fingerprint density at radius 3 is 2.60 bits per heavy atom. The molecule has 0 saturated carbocycles. The van der Waals surface area contributed by atoms with E-state index in [0.717, 1.165) is 11.3 Å².